The van der Waals surface area contributed by atoms with Gasteiger partial charge in [0.25, 0.3) is 0 Å². The van der Waals surface area contributed by atoms with Crippen LogP contribution >= 0.6 is 0 Å². The van der Waals surface area contributed by atoms with E-state index < -0.39 is 10.0 Å². The summed E-state index contributed by atoms with van der Waals surface area (Å²) in [6, 6.07) is 5.58. The molecule has 1 amide bonds. The van der Waals surface area contributed by atoms with Crippen LogP contribution in [0.3, 0.4) is 0 Å². The van der Waals surface area contributed by atoms with E-state index in [0.717, 1.165) is 29.0 Å². The zero-order valence-corrected chi connectivity index (χ0v) is 17.1. The van der Waals surface area contributed by atoms with Crippen molar-refractivity contribution in [2.75, 3.05) is 40.1 Å². The van der Waals surface area contributed by atoms with Gasteiger partial charge in [0, 0.05) is 20.1 Å². The predicted octanol–water partition coefficient (Wildman–Crippen LogP) is 2.11. The smallest absolute Gasteiger partial charge is 0.238 e. The zero-order valence-electron chi connectivity index (χ0n) is 16.3. The highest BCUT2D eigenvalue weighted by Crippen LogP contribution is 2.28. The van der Waals surface area contributed by atoms with Crippen LogP contribution in [0, 0.1) is 0 Å². The Morgan fingerprint density at radius 2 is 1.85 bits per heavy atom. The van der Waals surface area contributed by atoms with Crippen LogP contribution in [0.25, 0.3) is 0 Å². The maximum Gasteiger partial charge on any atom is 0.238 e. The number of amides is 1. The lowest BCUT2D eigenvalue weighted by molar-refractivity contribution is -0.131. The molecule has 0 heterocycles. The predicted molar refractivity (Wildman–Crippen MR) is 102 cm³/mol. The van der Waals surface area contributed by atoms with E-state index in [1.54, 1.807) is 12.0 Å². The molecule has 1 aromatic carbocycles. The SMILES string of the molecule is CCCOc1ccc(CN(CCC)C(=O)CN(C)S(C)(=O)=O)cc1OC. The summed E-state index contributed by atoms with van der Waals surface area (Å²) in [7, 11) is -0.415. The topological polar surface area (TPSA) is 76.2 Å². The second-order valence-corrected chi connectivity index (χ2v) is 8.26. The molecule has 0 atom stereocenters. The largest absolute Gasteiger partial charge is 0.493 e. The number of carbonyl (C=O) groups excluding carboxylic acids is 1. The molecular formula is C18H30N2O5S. The highest BCUT2D eigenvalue weighted by Gasteiger charge is 2.20. The van der Waals surface area contributed by atoms with Gasteiger partial charge in [0.15, 0.2) is 11.5 Å². The van der Waals surface area contributed by atoms with Crippen LogP contribution in [0.15, 0.2) is 18.2 Å². The first-order chi connectivity index (χ1) is 12.2. The maximum atomic E-state index is 12.5. The van der Waals surface area contributed by atoms with E-state index in [1.807, 2.05) is 32.0 Å². The normalized spacial score (nSPS) is 11.5. The number of rotatable bonds is 11. The fraction of sp³-hybridized carbons (Fsp3) is 0.611. The average Bonchev–Trinajstić information content (AvgIpc) is 2.59. The second kappa shape index (κ2) is 10.4. The third-order valence-corrected chi connectivity index (χ3v) is 5.09. The monoisotopic (exact) mass is 386 g/mol. The van der Waals surface area contributed by atoms with E-state index in [-0.39, 0.29) is 12.5 Å². The number of nitrogens with zero attached hydrogens (tertiary/aromatic N) is 2. The summed E-state index contributed by atoms with van der Waals surface area (Å²) < 4.78 is 35.2. The van der Waals surface area contributed by atoms with Crippen LogP contribution in [0.1, 0.15) is 32.3 Å². The van der Waals surface area contributed by atoms with Crippen molar-refractivity contribution in [2.24, 2.45) is 0 Å². The van der Waals surface area contributed by atoms with Gasteiger partial charge in [-0.15, -0.1) is 0 Å². The van der Waals surface area contributed by atoms with E-state index in [0.29, 0.717) is 31.2 Å². The lowest BCUT2D eigenvalue weighted by Gasteiger charge is -2.25. The molecule has 0 bridgehead atoms. The Hall–Kier alpha value is -1.80. The van der Waals surface area contributed by atoms with E-state index in [2.05, 4.69) is 0 Å². The average molecular weight is 387 g/mol. The van der Waals surface area contributed by atoms with Crippen molar-refractivity contribution in [3.05, 3.63) is 23.8 Å². The van der Waals surface area contributed by atoms with Crippen molar-refractivity contribution in [1.29, 1.82) is 0 Å². The number of benzene rings is 1. The number of methoxy groups -OCH3 is 1. The maximum absolute atomic E-state index is 12.5. The Bertz CT molecular complexity index is 691. The summed E-state index contributed by atoms with van der Waals surface area (Å²) in [6.45, 7) is 5.37. The summed E-state index contributed by atoms with van der Waals surface area (Å²) in [4.78, 5) is 14.2. The molecule has 1 rings (SSSR count). The van der Waals surface area contributed by atoms with E-state index in [9.17, 15) is 13.2 Å². The fourth-order valence-electron chi connectivity index (χ4n) is 2.33. The Morgan fingerprint density at radius 3 is 2.38 bits per heavy atom. The summed E-state index contributed by atoms with van der Waals surface area (Å²) in [5.74, 6) is 1.06. The highest BCUT2D eigenvalue weighted by atomic mass is 32.2. The van der Waals surface area contributed by atoms with Crippen molar-refractivity contribution in [1.82, 2.24) is 9.21 Å². The number of ether oxygens (including phenoxy) is 2. The molecule has 1 aromatic rings. The minimum Gasteiger partial charge on any atom is -0.493 e. The van der Waals surface area contributed by atoms with Crippen LogP contribution in [-0.2, 0) is 21.4 Å². The number of likely N-dealkylation sites (N-methyl/N-ethyl adjacent to an activating group) is 1. The van der Waals surface area contributed by atoms with Crippen molar-refractivity contribution in [3.8, 4) is 11.5 Å². The van der Waals surface area contributed by atoms with Crippen LogP contribution in [0.4, 0.5) is 0 Å². The molecule has 0 fully saturated rings. The number of hydrogen-bond donors (Lipinski definition) is 0. The molecule has 0 saturated carbocycles. The molecule has 7 nitrogen and oxygen atoms in total. The molecule has 0 unspecified atom stereocenters. The second-order valence-electron chi connectivity index (χ2n) is 6.17. The lowest BCUT2D eigenvalue weighted by Crippen LogP contribution is -2.40. The molecule has 0 radical (unpaired) electrons. The third-order valence-electron chi connectivity index (χ3n) is 3.83. The molecule has 148 valence electrons. The van der Waals surface area contributed by atoms with Gasteiger partial charge >= 0.3 is 0 Å². The van der Waals surface area contributed by atoms with Gasteiger partial charge < -0.3 is 14.4 Å². The molecular weight excluding hydrogens is 356 g/mol. The molecule has 0 aliphatic rings. The van der Waals surface area contributed by atoms with Crippen LogP contribution in [0.5, 0.6) is 11.5 Å². The Morgan fingerprint density at radius 1 is 1.15 bits per heavy atom. The first kappa shape index (κ1) is 22.2. The van der Waals surface area contributed by atoms with Gasteiger partial charge in [-0.2, -0.15) is 4.31 Å². The Balaban J connectivity index is 2.90. The van der Waals surface area contributed by atoms with Crippen molar-refractivity contribution in [2.45, 2.75) is 33.2 Å². The van der Waals surface area contributed by atoms with Gasteiger partial charge in [0.05, 0.1) is 26.5 Å². The summed E-state index contributed by atoms with van der Waals surface area (Å²) in [5.41, 5.74) is 0.898. The summed E-state index contributed by atoms with van der Waals surface area (Å²) in [5, 5.41) is 0. The minimum absolute atomic E-state index is 0.173. The molecule has 0 spiro atoms. The molecule has 26 heavy (non-hydrogen) atoms. The van der Waals surface area contributed by atoms with Gasteiger partial charge in [-0.1, -0.05) is 19.9 Å². The molecule has 0 N–H and O–H groups in total. The van der Waals surface area contributed by atoms with E-state index in [1.165, 1.54) is 7.05 Å². The Kier molecular flexibility index (Phi) is 8.87. The van der Waals surface area contributed by atoms with Crippen LogP contribution in [0.2, 0.25) is 0 Å². The Labute approximate surface area is 156 Å². The minimum atomic E-state index is -3.40. The van der Waals surface area contributed by atoms with Crippen molar-refractivity contribution >= 4 is 15.9 Å². The molecule has 0 aliphatic carbocycles. The van der Waals surface area contributed by atoms with E-state index in [4.69, 9.17) is 9.47 Å². The van der Waals surface area contributed by atoms with Gasteiger partial charge in [-0.3, -0.25) is 4.79 Å². The van der Waals surface area contributed by atoms with Gasteiger partial charge in [-0.25, -0.2) is 8.42 Å². The standard InChI is InChI=1S/C18H30N2O5S/c1-6-10-20(18(21)14-19(3)26(5,22)23)13-15-8-9-16(25-11-7-2)17(12-15)24-4/h8-9,12H,6-7,10-11,13-14H2,1-5H3. The summed E-state index contributed by atoms with van der Waals surface area (Å²) >= 11 is 0. The highest BCUT2D eigenvalue weighted by molar-refractivity contribution is 7.88. The van der Waals surface area contributed by atoms with Gasteiger partial charge in [0.1, 0.15) is 0 Å². The lowest BCUT2D eigenvalue weighted by atomic mass is 10.1. The molecule has 8 heteroatoms. The van der Waals surface area contributed by atoms with Gasteiger partial charge in [0.2, 0.25) is 15.9 Å². The van der Waals surface area contributed by atoms with E-state index >= 15 is 0 Å². The zero-order chi connectivity index (χ0) is 19.7. The molecule has 0 aliphatic heterocycles. The number of hydrogen-bond acceptors (Lipinski definition) is 5. The van der Waals surface area contributed by atoms with Crippen LogP contribution < -0.4 is 9.47 Å². The van der Waals surface area contributed by atoms with Crippen molar-refractivity contribution < 1.29 is 22.7 Å². The van der Waals surface area contributed by atoms with Crippen molar-refractivity contribution in [3.63, 3.8) is 0 Å². The van der Waals surface area contributed by atoms with Crippen LogP contribution in [-0.4, -0.2) is 63.6 Å². The number of carbonyl (C=O) groups is 1. The first-order valence-corrected chi connectivity index (χ1v) is 10.6. The first-order valence-electron chi connectivity index (χ1n) is 8.71. The van der Waals surface area contributed by atoms with Gasteiger partial charge in [-0.05, 0) is 30.5 Å². The quantitative estimate of drug-likeness (QED) is 0.582. The molecule has 0 aromatic heterocycles. The molecule has 0 saturated heterocycles. The third kappa shape index (κ3) is 6.84. The fourth-order valence-corrected chi connectivity index (χ4v) is 2.68. The number of sulfonamides is 1. The summed E-state index contributed by atoms with van der Waals surface area (Å²) in [6.07, 6.45) is 2.77.